The fourth-order valence-corrected chi connectivity index (χ4v) is 2.58. The highest BCUT2D eigenvalue weighted by Gasteiger charge is 2.26. The van der Waals surface area contributed by atoms with Gasteiger partial charge < -0.3 is 10.5 Å². The summed E-state index contributed by atoms with van der Waals surface area (Å²) in [5.41, 5.74) is 5.81. The third-order valence-electron chi connectivity index (χ3n) is 4.10. The van der Waals surface area contributed by atoms with Crippen LogP contribution < -0.4 is 5.73 Å². The lowest BCUT2D eigenvalue weighted by Crippen LogP contribution is -2.31. The Morgan fingerprint density at radius 1 is 1.12 bits per heavy atom. The maximum Gasteiger partial charge on any atom is 0.308 e. The van der Waals surface area contributed by atoms with Crippen LogP contribution in [0.5, 0.6) is 0 Å². The predicted octanol–water partition coefficient (Wildman–Crippen LogP) is 2.24. The van der Waals surface area contributed by atoms with Gasteiger partial charge in [0.25, 0.3) is 0 Å². The number of esters is 1. The molecule has 2 rings (SSSR count). The Bertz CT molecular complexity index is 230. The normalized spacial score (nSPS) is 30.8. The van der Waals surface area contributed by atoms with Crippen LogP contribution in [0.2, 0.25) is 0 Å². The van der Waals surface area contributed by atoms with Crippen LogP contribution in [0.1, 0.15) is 51.4 Å². The quantitative estimate of drug-likeness (QED) is 0.746. The van der Waals surface area contributed by atoms with Crippen LogP contribution in [0, 0.1) is 11.8 Å². The van der Waals surface area contributed by atoms with E-state index in [9.17, 15) is 4.79 Å². The standard InChI is InChI=1S/C13H23NO2/c14-12-6-4-11(5-7-12)13(15)16-9-8-10-2-1-3-10/h10-12H,1-9,14H2. The number of carbonyl (C=O) groups excluding carboxylic acids is 1. The van der Waals surface area contributed by atoms with Crippen molar-refractivity contribution in [2.75, 3.05) is 6.61 Å². The molecule has 0 saturated heterocycles. The lowest BCUT2D eigenvalue weighted by molar-refractivity contribution is -0.150. The molecule has 3 nitrogen and oxygen atoms in total. The molecule has 2 aliphatic carbocycles. The minimum atomic E-state index is 0.0197. The first-order chi connectivity index (χ1) is 7.75. The first-order valence-electron chi connectivity index (χ1n) is 6.68. The van der Waals surface area contributed by atoms with Gasteiger partial charge in [-0.25, -0.2) is 0 Å². The molecule has 0 aromatic rings. The second-order valence-electron chi connectivity index (χ2n) is 5.36. The van der Waals surface area contributed by atoms with Gasteiger partial charge in [0.05, 0.1) is 12.5 Å². The molecule has 0 heterocycles. The van der Waals surface area contributed by atoms with Crippen molar-refractivity contribution in [1.82, 2.24) is 0 Å². The third-order valence-corrected chi connectivity index (χ3v) is 4.10. The Kier molecular flexibility index (Phi) is 4.22. The van der Waals surface area contributed by atoms with Crippen LogP contribution in [-0.2, 0) is 9.53 Å². The molecule has 0 spiro atoms. The van der Waals surface area contributed by atoms with Crippen LogP contribution >= 0.6 is 0 Å². The van der Waals surface area contributed by atoms with Crippen molar-refractivity contribution in [2.45, 2.75) is 57.4 Å². The maximum absolute atomic E-state index is 11.7. The monoisotopic (exact) mass is 225 g/mol. The van der Waals surface area contributed by atoms with E-state index in [1.807, 2.05) is 0 Å². The lowest BCUT2D eigenvalue weighted by atomic mass is 9.83. The van der Waals surface area contributed by atoms with Gasteiger partial charge in [-0.2, -0.15) is 0 Å². The van der Waals surface area contributed by atoms with Crippen molar-refractivity contribution < 1.29 is 9.53 Å². The molecule has 16 heavy (non-hydrogen) atoms. The number of hydrogen-bond donors (Lipinski definition) is 1. The van der Waals surface area contributed by atoms with Crippen molar-refractivity contribution in [3.8, 4) is 0 Å². The average Bonchev–Trinajstić information content (AvgIpc) is 2.22. The lowest BCUT2D eigenvalue weighted by Gasteiger charge is -2.26. The molecule has 92 valence electrons. The van der Waals surface area contributed by atoms with Crippen molar-refractivity contribution in [3.05, 3.63) is 0 Å². The number of ether oxygens (including phenoxy) is 1. The fourth-order valence-electron chi connectivity index (χ4n) is 2.58. The van der Waals surface area contributed by atoms with Gasteiger partial charge in [-0.15, -0.1) is 0 Å². The van der Waals surface area contributed by atoms with Gasteiger partial charge in [-0.3, -0.25) is 4.79 Å². The first-order valence-corrected chi connectivity index (χ1v) is 6.68. The highest BCUT2D eigenvalue weighted by molar-refractivity contribution is 5.72. The SMILES string of the molecule is NC1CCC(C(=O)OCCC2CCC2)CC1. The molecule has 0 radical (unpaired) electrons. The highest BCUT2D eigenvalue weighted by Crippen LogP contribution is 2.29. The molecule has 2 fully saturated rings. The summed E-state index contributed by atoms with van der Waals surface area (Å²) < 4.78 is 5.34. The molecular formula is C13H23NO2. The van der Waals surface area contributed by atoms with E-state index >= 15 is 0 Å². The van der Waals surface area contributed by atoms with E-state index in [1.54, 1.807) is 0 Å². The summed E-state index contributed by atoms with van der Waals surface area (Å²) in [6, 6.07) is 0.305. The second-order valence-corrected chi connectivity index (χ2v) is 5.36. The molecule has 2 saturated carbocycles. The van der Waals surface area contributed by atoms with Crippen LogP contribution in [0.25, 0.3) is 0 Å². The molecule has 0 aliphatic heterocycles. The maximum atomic E-state index is 11.7. The Labute approximate surface area is 97.7 Å². The van der Waals surface area contributed by atoms with Gasteiger partial charge in [-0.05, 0) is 38.0 Å². The van der Waals surface area contributed by atoms with Crippen LogP contribution in [0.4, 0.5) is 0 Å². The molecule has 0 bridgehead atoms. The zero-order valence-corrected chi connectivity index (χ0v) is 9.99. The smallest absolute Gasteiger partial charge is 0.308 e. The molecule has 0 aromatic carbocycles. The topological polar surface area (TPSA) is 52.3 Å². The van der Waals surface area contributed by atoms with Gasteiger partial charge in [-0.1, -0.05) is 19.3 Å². The minimum Gasteiger partial charge on any atom is -0.465 e. The number of hydrogen-bond acceptors (Lipinski definition) is 3. The van der Waals surface area contributed by atoms with Gasteiger partial charge in [0.2, 0.25) is 0 Å². The average molecular weight is 225 g/mol. The zero-order chi connectivity index (χ0) is 11.4. The van der Waals surface area contributed by atoms with Crippen LogP contribution in [-0.4, -0.2) is 18.6 Å². The number of rotatable bonds is 4. The molecule has 0 unspecified atom stereocenters. The Hall–Kier alpha value is -0.570. The van der Waals surface area contributed by atoms with Gasteiger partial charge in [0, 0.05) is 6.04 Å². The summed E-state index contributed by atoms with van der Waals surface area (Å²) in [6.45, 7) is 0.631. The molecule has 2 N–H and O–H groups in total. The van der Waals surface area contributed by atoms with Crippen LogP contribution in [0.15, 0.2) is 0 Å². The van der Waals surface area contributed by atoms with Gasteiger partial charge in [0.1, 0.15) is 0 Å². The highest BCUT2D eigenvalue weighted by atomic mass is 16.5. The van der Waals surface area contributed by atoms with E-state index in [2.05, 4.69) is 0 Å². The van der Waals surface area contributed by atoms with E-state index in [4.69, 9.17) is 10.5 Å². The van der Waals surface area contributed by atoms with Crippen molar-refractivity contribution in [1.29, 1.82) is 0 Å². The Morgan fingerprint density at radius 3 is 2.38 bits per heavy atom. The molecule has 0 amide bonds. The van der Waals surface area contributed by atoms with Crippen LogP contribution in [0.3, 0.4) is 0 Å². The summed E-state index contributed by atoms with van der Waals surface area (Å²) in [5.74, 6) is 0.972. The van der Waals surface area contributed by atoms with Gasteiger partial charge in [0.15, 0.2) is 0 Å². The molecule has 2 aliphatic rings. The zero-order valence-electron chi connectivity index (χ0n) is 9.99. The summed E-state index contributed by atoms with van der Waals surface area (Å²) in [7, 11) is 0. The van der Waals surface area contributed by atoms with E-state index in [0.717, 1.165) is 38.0 Å². The van der Waals surface area contributed by atoms with E-state index in [1.165, 1.54) is 19.3 Å². The Balaban J connectivity index is 1.59. The molecular weight excluding hydrogens is 202 g/mol. The largest absolute Gasteiger partial charge is 0.465 e. The molecule has 0 aromatic heterocycles. The number of nitrogens with two attached hydrogens (primary N) is 1. The minimum absolute atomic E-state index is 0.0197. The van der Waals surface area contributed by atoms with E-state index in [0.29, 0.717) is 12.6 Å². The summed E-state index contributed by atoms with van der Waals surface area (Å²) in [5, 5.41) is 0. The predicted molar refractivity (Wildman–Crippen MR) is 62.9 cm³/mol. The summed E-state index contributed by atoms with van der Waals surface area (Å²) in [6.07, 6.45) is 8.88. The van der Waals surface area contributed by atoms with Gasteiger partial charge >= 0.3 is 5.97 Å². The molecule has 3 heteroatoms. The van der Waals surface area contributed by atoms with E-state index < -0.39 is 0 Å². The number of carbonyl (C=O) groups is 1. The first kappa shape index (κ1) is 11.9. The summed E-state index contributed by atoms with van der Waals surface area (Å²) in [4.78, 5) is 11.7. The second kappa shape index (κ2) is 5.67. The van der Waals surface area contributed by atoms with Crippen molar-refractivity contribution >= 4 is 5.97 Å². The third kappa shape index (κ3) is 3.21. The Morgan fingerprint density at radius 2 is 1.81 bits per heavy atom. The van der Waals surface area contributed by atoms with Crippen molar-refractivity contribution in [2.24, 2.45) is 17.6 Å². The van der Waals surface area contributed by atoms with Crippen molar-refractivity contribution in [3.63, 3.8) is 0 Å². The van der Waals surface area contributed by atoms with E-state index in [-0.39, 0.29) is 11.9 Å². The summed E-state index contributed by atoms with van der Waals surface area (Å²) >= 11 is 0. The fraction of sp³-hybridized carbons (Fsp3) is 0.923. The molecule has 0 atom stereocenters.